The van der Waals surface area contributed by atoms with E-state index in [9.17, 15) is 17.4 Å². The van der Waals surface area contributed by atoms with Gasteiger partial charge in [-0.25, -0.2) is 0 Å². The average molecular weight is 283 g/mol. The topological polar surface area (TPSA) is 29.1 Å². The molecule has 1 aliphatic carbocycles. The van der Waals surface area contributed by atoms with Crippen LogP contribution < -0.4 is 5.32 Å². The van der Waals surface area contributed by atoms with E-state index >= 15 is 0 Å². The van der Waals surface area contributed by atoms with Gasteiger partial charge in [-0.05, 0) is 25.7 Å². The predicted molar refractivity (Wildman–Crippen MR) is 65.8 cm³/mol. The lowest BCUT2D eigenvalue weighted by Crippen LogP contribution is -2.50. The highest BCUT2D eigenvalue weighted by Gasteiger charge is 2.45. The lowest BCUT2D eigenvalue weighted by molar-refractivity contribution is -0.189. The fourth-order valence-electron chi connectivity index (χ4n) is 2.99. The fourth-order valence-corrected chi connectivity index (χ4v) is 4.28. The van der Waals surface area contributed by atoms with Crippen LogP contribution >= 0.6 is 0 Å². The third-order valence-corrected chi connectivity index (χ3v) is 5.41. The second kappa shape index (κ2) is 5.90. The summed E-state index contributed by atoms with van der Waals surface area (Å²) in [5.74, 6) is 0.0565. The Morgan fingerprint density at radius 2 is 1.61 bits per heavy atom. The van der Waals surface area contributed by atoms with Gasteiger partial charge < -0.3 is 5.32 Å². The highest BCUT2D eigenvalue weighted by molar-refractivity contribution is 7.85. The van der Waals surface area contributed by atoms with Crippen molar-refractivity contribution in [1.29, 1.82) is 0 Å². The first-order valence-electron chi connectivity index (χ1n) is 6.64. The Hall–Kier alpha value is -0.100. The molecule has 0 amide bonds. The summed E-state index contributed by atoms with van der Waals surface area (Å²) < 4.78 is 50.0. The molecule has 1 saturated heterocycles. The van der Waals surface area contributed by atoms with E-state index in [4.69, 9.17) is 0 Å². The molecular formula is C12H20F3NOS. The summed E-state index contributed by atoms with van der Waals surface area (Å²) in [4.78, 5) is 0. The number of hydrogen-bond acceptors (Lipinski definition) is 2. The van der Waals surface area contributed by atoms with Gasteiger partial charge in [-0.1, -0.05) is 12.8 Å². The Bertz CT molecular complexity index is 298. The van der Waals surface area contributed by atoms with E-state index in [1.807, 2.05) is 0 Å². The quantitative estimate of drug-likeness (QED) is 0.844. The normalized spacial score (nSPS) is 38.6. The minimum Gasteiger partial charge on any atom is -0.311 e. The van der Waals surface area contributed by atoms with Gasteiger partial charge in [0.1, 0.15) is 0 Å². The zero-order chi connectivity index (χ0) is 13.2. The lowest BCUT2D eigenvalue weighted by Gasteiger charge is -2.37. The van der Waals surface area contributed by atoms with E-state index < -0.39 is 28.9 Å². The van der Waals surface area contributed by atoms with Crippen LogP contribution in [0.3, 0.4) is 0 Å². The SMILES string of the molecule is O=S1CCC(NC2CCCCC2C(F)(F)F)CC1. The molecule has 1 saturated carbocycles. The van der Waals surface area contributed by atoms with Gasteiger partial charge in [0.15, 0.2) is 0 Å². The Kier molecular flexibility index (Phi) is 4.69. The van der Waals surface area contributed by atoms with Crippen LogP contribution in [0, 0.1) is 5.92 Å². The number of hydrogen-bond donors (Lipinski definition) is 1. The van der Waals surface area contributed by atoms with Crippen molar-refractivity contribution in [3.05, 3.63) is 0 Å². The second-order valence-electron chi connectivity index (χ2n) is 5.33. The van der Waals surface area contributed by atoms with Crippen molar-refractivity contribution in [3.63, 3.8) is 0 Å². The molecule has 1 N–H and O–H groups in total. The van der Waals surface area contributed by atoms with Gasteiger partial charge in [0.25, 0.3) is 0 Å². The Morgan fingerprint density at radius 3 is 2.22 bits per heavy atom. The monoisotopic (exact) mass is 283 g/mol. The first kappa shape index (κ1) is 14.3. The molecule has 0 spiro atoms. The van der Waals surface area contributed by atoms with Crippen LogP contribution in [0.5, 0.6) is 0 Å². The van der Waals surface area contributed by atoms with Crippen molar-refractivity contribution in [3.8, 4) is 0 Å². The van der Waals surface area contributed by atoms with E-state index in [1.54, 1.807) is 0 Å². The molecular weight excluding hydrogens is 263 g/mol. The van der Waals surface area contributed by atoms with Crippen LogP contribution in [0.25, 0.3) is 0 Å². The van der Waals surface area contributed by atoms with Crippen LogP contribution in [-0.4, -0.2) is 34.0 Å². The van der Waals surface area contributed by atoms with Crippen LogP contribution in [0.2, 0.25) is 0 Å². The van der Waals surface area contributed by atoms with Crippen molar-refractivity contribution in [2.45, 2.75) is 56.8 Å². The third-order valence-electron chi connectivity index (χ3n) is 4.02. The Labute approximate surface area is 108 Å². The molecule has 0 bridgehead atoms. The molecule has 2 rings (SSSR count). The molecule has 0 aromatic carbocycles. The third kappa shape index (κ3) is 3.70. The molecule has 2 atom stereocenters. The van der Waals surface area contributed by atoms with E-state index in [0.717, 1.165) is 19.3 Å². The maximum atomic E-state index is 12.9. The van der Waals surface area contributed by atoms with Crippen LogP contribution in [-0.2, 0) is 10.8 Å². The Balaban J connectivity index is 1.91. The van der Waals surface area contributed by atoms with E-state index in [0.29, 0.717) is 24.3 Å². The van der Waals surface area contributed by atoms with E-state index in [2.05, 4.69) is 5.32 Å². The average Bonchev–Trinajstić information content (AvgIpc) is 2.31. The number of nitrogens with one attached hydrogen (secondary N) is 1. The molecule has 2 fully saturated rings. The second-order valence-corrected chi connectivity index (χ2v) is 7.02. The number of rotatable bonds is 2. The van der Waals surface area contributed by atoms with Crippen LogP contribution in [0.1, 0.15) is 38.5 Å². The highest BCUT2D eigenvalue weighted by atomic mass is 32.2. The summed E-state index contributed by atoms with van der Waals surface area (Å²) in [5, 5.41) is 3.18. The maximum absolute atomic E-state index is 12.9. The summed E-state index contributed by atoms with van der Waals surface area (Å²) in [6, 6.07) is -0.314. The van der Waals surface area contributed by atoms with Crippen molar-refractivity contribution < 1.29 is 17.4 Å². The molecule has 1 heterocycles. The summed E-state index contributed by atoms with van der Waals surface area (Å²) in [7, 11) is -0.755. The van der Waals surface area contributed by atoms with Crippen molar-refractivity contribution in [2.75, 3.05) is 11.5 Å². The summed E-state index contributed by atoms with van der Waals surface area (Å²) in [5.41, 5.74) is 0. The fraction of sp³-hybridized carbons (Fsp3) is 1.00. The molecule has 0 radical (unpaired) electrons. The zero-order valence-electron chi connectivity index (χ0n) is 10.3. The molecule has 18 heavy (non-hydrogen) atoms. The van der Waals surface area contributed by atoms with Crippen LogP contribution in [0.4, 0.5) is 13.2 Å². The van der Waals surface area contributed by atoms with Gasteiger partial charge in [0.2, 0.25) is 0 Å². The van der Waals surface area contributed by atoms with Gasteiger partial charge >= 0.3 is 6.18 Å². The molecule has 1 aliphatic heterocycles. The summed E-state index contributed by atoms with van der Waals surface area (Å²) in [6.45, 7) is 0. The minimum absolute atomic E-state index is 0.121. The molecule has 0 aromatic rings. The lowest BCUT2D eigenvalue weighted by atomic mass is 9.83. The minimum atomic E-state index is -4.09. The highest BCUT2D eigenvalue weighted by Crippen LogP contribution is 2.38. The van der Waals surface area contributed by atoms with Gasteiger partial charge in [0.05, 0.1) is 5.92 Å². The van der Waals surface area contributed by atoms with Gasteiger partial charge in [-0.3, -0.25) is 4.21 Å². The number of halogens is 3. The van der Waals surface area contributed by atoms with Gasteiger partial charge in [-0.15, -0.1) is 0 Å². The smallest absolute Gasteiger partial charge is 0.311 e. The molecule has 2 unspecified atom stereocenters. The molecule has 0 aromatic heterocycles. The van der Waals surface area contributed by atoms with Gasteiger partial charge in [0, 0.05) is 34.4 Å². The van der Waals surface area contributed by atoms with Gasteiger partial charge in [-0.2, -0.15) is 13.2 Å². The standard InChI is InChI=1S/C12H20F3NOS/c13-12(14,15)10-3-1-2-4-11(10)16-9-5-7-18(17)8-6-9/h9-11,16H,1-8H2. The largest absolute Gasteiger partial charge is 0.393 e. The molecule has 2 nitrogen and oxygen atoms in total. The predicted octanol–water partition coefficient (Wildman–Crippen LogP) is 2.61. The van der Waals surface area contributed by atoms with Crippen LogP contribution in [0.15, 0.2) is 0 Å². The van der Waals surface area contributed by atoms with E-state index in [1.165, 1.54) is 0 Å². The van der Waals surface area contributed by atoms with Crippen molar-refractivity contribution in [2.24, 2.45) is 5.92 Å². The first-order chi connectivity index (χ1) is 8.47. The maximum Gasteiger partial charge on any atom is 0.393 e. The van der Waals surface area contributed by atoms with Crippen molar-refractivity contribution >= 4 is 10.8 Å². The number of alkyl halides is 3. The first-order valence-corrected chi connectivity index (χ1v) is 8.13. The summed E-state index contributed by atoms with van der Waals surface area (Å²) >= 11 is 0. The summed E-state index contributed by atoms with van der Waals surface area (Å²) in [6.07, 6.45) is -0.180. The molecule has 106 valence electrons. The molecule has 2 aliphatic rings. The molecule has 6 heteroatoms. The Morgan fingerprint density at radius 1 is 1.00 bits per heavy atom. The zero-order valence-corrected chi connectivity index (χ0v) is 11.2. The van der Waals surface area contributed by atoms with Crippen molar-refractivity contribution in [1.82, 2.24) is 5.32 Å². The van der Waals surface area contributed by atoms with E-state index in [-0.39, 0.29) is 12.5 Å².